The number of fused-ring (bicyclic) bond motifs is 1. The lowest BCUT2D eigenvalue weighted by molar-refractivity contribution is 0.270. The van der Waals surface area contributed by atoms with Crippen molar-refractivity contribution < 1.29 is 13.3 Å². The van der Waals surface area contributed by atoms with Gasteiger partial charge in [0, 0.05) is 17.5 Å². The van der Waals surface area contributed by atoms with Crippen LogP contribution in [0.2, 0.25) is 0 Å². The summed E-state index contributed by atoms with van der Waals surface area (Å²) in [5, 5.41) is 0.600. The van der Waals surface area contributed by atoms with Gasteiger partial charge in [0.05, 0.1) is 4.86 Å². The molecule has 1 saturated heterocycles. The molecule has 0 amide bonds. The third kappa shape index (κ3) is 2.34. The van der Waals surface area contributed by atoms with Crippen LogP contribution in [0.5, 0.6) is 0 Å². The van der Waals surface area contributed by atoms with Gasteiger partial charge in [-0.15, -0.1) is 4.40 Å². The maximum Gasteiger partial charge on any atom is 0.350 e. The van der Waals surface area contributed by atoms with Gasteiger partial charge in [-0.2, -0.15) is 12.2 Å². The number of rotatable bonds is 2. The molecule has 130 valence electrons. The lowest BCUT2D eigenvalue weighted by Gasteiger charge is -2.07. The van der Waals surface area contributed by atoms with Crippen molar-refractivity contribution in [2.24, 2.45) is 13.2 Å². The first-order valence-electron chi connectivity index (χ1n) is 7.57. The van der Waals surface area contributed by atoms with Crippen molar-refractivity contribution in [2.75, 3.05) is 0 Å². The minimum atomic E-state index is -3.89. The summed E-state index contributed by atoms with van der Waals surface area (Å²) in [5.41, 5.74) is 0.356. The molecular formula is C16H10N4O3S3. The van der Waals surface area contributed by atoms with E-state index < -0.39 is 15.9 Å². The monoisotopic (exact) mass is 402 g/mol. The van der Waals surface area contributed by atoms with Gasteiger partial charge in [-0.1, -0.05) is 60.7 Å². The molecule has 0 saturated carbocycles. The highest BCUT2D eigenvalue weighted by Gasteiger charge is 2.72. The molecule has 2 atom stereocenters. The second-order valence-electron chi connectivity index (χ2n) is 5.59. The maximum absolute atomic E-state index is 12.2. The SMILES string of the molecule is O=S1(=O)N=C(N=C2SN=S=C2c2ccccc2)C2(c3ccccc3)ON21. The Morgan fingerprint density at radius 2 is 1.73 bits per heavy atom. The highest BCUT2D eigenvalue weighted by Crippen LogP contribution is 2.53. The van der Waals surface area contributed by atoms with Crippen LogP contribution in [-0.2, 0) is 31.9 Å². The van der Waals surface area contributed by atoms with Crippen LogP contribution in [0, 0.1) is 0 Å². The summed E-state index contributed by atoms with van der Waals surface area (Å²) in [6.45, 7) is 0. The first-order valence-corrected chi connectivity index (χ1v) is 10.5. The summed E-state index contributed by atoms with van der Waals surface area (Å²) in [6.07, 6.45) is 0. The third-order valence-electron chi connectivity index (χ3n) is 4.01. The van der Waals surface area contributed by atoms with Gasteiger partial charge in [0.25, 0.3) is 5.72 Å². The topological polar surface area (TPSA) is 86.8 Å². The largest absolute Gasteiger partial charge is 0.350 e. The molecule has 2 aromatic rings. The van der Waals surface area contributed by atoms with Crippen molar-refractivity contribution in [1.82, 2.24) is 4.47 Å². The molecule has 3 heterocycles. The minimum Gasteiger partial charge on any atom is -0.240 e. The molecule has 3 aliphatic rings. The predicted molar refractivity (Wildman–Crippen MR) is 103 cm³/mol. The van der Waals surface area contributed by atoms with Crippen molar-refractivity contribution in [2.45, 2.75) is 5.72 Å². The molecule has 3 aliphatic heterocycles. The molecule has 7 nitrogen and oxygen atoms in total. The summed E-state index contributed by atoms with van der Waals surface area (Å²) >= 11 is 2.51. The molecule has 0 bridgehead atoms. The van der Waals surface area contributed by atoms with Gasteiger partial charge in [0.1, 0.15) is 5.04 Å². The maximum atomic E-state index is 12.2. The van der Waals surface area contributed by atoms with E-state index in [0.29, 0.717) is 10.6 Å². The smallest absolute Gasteiger partial charge is 0.240 e. The van der Waals surface area contributed by atoms with Crippen LogP contribution in [0.25, 0.3) is 0 Å². The average Bonchev–Trinajstić information content (AvgIpc) is 3.22. The van der Waals surface area contributed by atoms with Gasteiger partial charge in [-0.05, 0) is 21.2 Å². The molecule has 0 aliphatic carbocycles. The van der Waals surface area contributed by atoms with Gasteiger partial charge in [0.15, 0.2) is 0 Å². The Morgan fingerprint density at radius 3 is 2.42 bits per heavy atom. The number of benzene rings is 2. The number of amidine groups is 1. The van der Waals surface area contributed by atoms with E-state index in [4.69, 9.17) is 4.84 Å². The Kier molecular flexibility index (Phi) is 3.52. The molecule has 10 heteroatoms. The fourth-order valence-electron chi connectivity index (χ4n) is 2.79. The first-order chi connectivity index (χ1) is 12.6. The van der Waals surface area contributed by atoms with Crippen molar-refractivity contribution in [1.29, 1.82) is 0 Å². The molecule has 0 radical (unpaired) electrons. The van der Waals surface area contributed by atoms with E-state index in [1.165, 1.54) is 23.1 Å². The number of aliphatic imine (C=N–C) groups is 1. The van der Waals surface area contributed by atoms with Crippen molar-refractivity contribution >= 4 is 49.0 Å². The second-order valence-corrected chi connectivity index (χ2v) is 8.76. The highest BCUT2D eigenvalue weighted by molar-refractivity contribution is 8.20. The van der Waals surface area contributed by atoms with Crippen molar-refractivity contribution in [3.8, 4) is 0 Å². The van der Waals surface area contributed by atoms with Crippen LogP contribution < -0.4 is 0 Å². The van der Waals surface area contributed by atoms with Crippen molar-refractivity contribution in [3.63, 3.8) is 0 Å². The molecule has 5 rings (SSSR count). The molecule has 0 aromatic heterocycles. The Morgan fingerprint density at radius 1 is 1.04 bits per heavy atom. The summed E-state index contributed by atoms with van der Waals surface area (Å²) in [5.74, 6) is 0.0948. The Bertz CT molecular complexity index is 1140. The van der Waals surface area contributed by atoms with Crippen LogP contribution in [0.15, 0.2) is 73.8 Å². The van der Waals surface area contributed by atoms with Crippen LogP contribution in [0.1, 0.15) is 11.1 Å². The molecule has 0 N–H and O–H groups in total. The van der Waals surface area contributed by atoms with Crippen LogP contribution in [0.4, 0.5) is 0 Å². The van der Waals surface area contributed by atoms with E-state index in [1.54, 1.807) is 12.1 Å². The summed E-state index contributed by atoms with van der Waals surface area (Å²) < 4.78 is 33.4. The van der Waals surface area contributed by atoms with E-state index in [9.17, 15) is 8.42 Å². The predicted octanol–water partition coefficient (Wildman–Crippen LogP) is 2.29. The minimum absolute atomic E-state index is 0.0948. The first kappa shape index (κ1) is 16.1. The molecule has 26 heavy (non-hydrogen) atoms. The van der Waals surface area contributed by atoms with Gasteiger partial charge < -0.3 is 0 Å². The second kappa shape index (κ2) is 5.69. The Hall–Kier alpha value is -2.11. The number of nitrogens with zero attached hydrogens (tertiary/aromatic N) is 4. The van der Waals surface area contributed by atoms with Gasteiger partial charge >= 0.3 is 10.2 Å². The zero-order valence-electron chi connectivity index (χ0n) is 13.0. The Labute approximate surface area is 157 Å². The van der Waals surface area contributed by atoms with E-state index in [-0.39, 0.29) is 5.84 Å². The number of hydroxylamine groups is 1. The quantitative estimate of drug-likeness (QED) is 0.438. The number of hydrogen-bond donors (Lipinski definition) is 0. The molecule has 2 unspecified atom stereocenters. The van der Waals surface area contributed by atoms with Crippen LogP contribution in [0.3, 0.4) is 0 Å². The standard InChI is InChI=1S/C16H10N4O3S3/c21-26(22)18-15(16(20(26)23-16)12-9-5-2-6-10-12)17-14-13(24-19-25-14)11-7-3-1-4-8-11/h1-10H. The van der Waals surface area contributed by atoms with Crippen molar-refractivity contribution in [3.05, 3.63) is 71.8 Å². The summed E-state index contributed by atoms with van der Waals surface area (Å²) in [4.78, 5) is 10.8. The fraction of sp³-hybridized carbons (Fsp3) is 0.0625. The fourth-order valence-corrected chi connectivity index (χ4v) is 5.61. The average molecular weight is 402 g/mol. The van der Waals surface area contributed by atoms with E-state index in [1.807, 2.05) is 48.5 Å². The zero-order valence-corrected chi connectivity index (χ0v) is 15.5. The normalized spacial score (nSPS) is 29.7. The highest BCUT2D eigenvalue weighted by atomic mass is 32.2. The van der Waals surface area contributed by atoms with Crippen LogP contribution in [-0.4, -0.2) is 28.6 Å². The third-order valence-corrected chi connectivity index (χ3v) is 6.97. The molecular weight excluding hydrogens is 392 g/mol. The zero-order chi connectivity index (χ0) is 17.8. The van der Waals surface area contributed by atoms with Gasteiger partial charge in [0.2, 0.25) is 5.84 Å². The molecule has 1 fully saturated rings. The Balaban J connectivity index is 1.60. The molecule has 0 spiro atoms. The summed E-state index contributed by atoms with van der Waals surface area (Å²) in [6, 6.07) is 18.8. The van der Waals surface area contributed by atoms with Gasteiger partial charge in [-0.3, -0.25) is 0 Å². The number of hydrogen-bond acceptors (Lipinski definition) is 6. The van der Waals surface area contributed by atoms with E-state index in [2.05, 4.69) is 13.2 Å². The lowest BCUT2D eigenvalue weighted by Crippen LogP contribution is -2.23. The lowest BCUT2D eigenvalue weighted by atomic mass is 10.0. The van der Waals surface area contributed by atoms with E-state index >= 15 is 0 Å². The van der Waals surface area contributed by atoms with E-state index in [0.717, 1.165) is 14.9 Å². The summed E-state index contributed by atoms with van der Waals surface area (Å²) in [7, 11) is -3.89. The van der Waals surface area contributed by atoms with Crippen LogP contribution >= 0.6 is 11.9 Å². The molecule has 2 aromatic carbocycles. The van der Waals surface area contributed by atoms with Gasteiger partial charge in [-0.25, -0.2) is 9.83 Å².